The van der Waals surface area contributed by atoms with Crippen molar-refractivity contribution in [3.8, 4) is 6.07 Å². The van der Waals surface area contributed by atoms with Gasteiger partial charge in [0.05, 0.1) is 17.0 Å². The standard InChI is InChI=1S/C21H25N3O3S/c1-4-17(2)24(15-18-10-6-5-7-11-18)21(25)16-23(3)28(26,27)20-13-9-8-12-19(20)14-22/h5-13,17H,4,15-16H2,1-3H3. The van der Waals surface area contributed by atoms with Crippen LogP contribution in [0.25, 0.3) is 0 Å². The summed E-state index contributed by atoms with van der Waals surface area (Å²) >= 11 is 0. The molecular formula is C21H25N3O3S. The van der Waals surface area contributed by atoms with E-state index < -0.39 is 10.0 Å². The fourth-order valence-electron chi connectivity index (χ4n) is 2.81. The van der Waals surface area contributed by atoms with Crippen molar-refractivity contribution in [3.63, 3.8) is 0 Å². The van der Waals surface area contributed by atoms with Crippen LogP contribution in [0.3, 0.4) is 0 Å². The van der Waals surface area contributed by atoms with E-state index in [2.05, 4.69) is 0 Å². The summed E-state index contributed by atoms with van der Waals surface area (Å²) in [5.41, 5.74) is 1.04. The highest BCUT2D eigenvalue weighted by Gasteiger charge is 2.28. The van der Waals surface area contributed by atoms with E-state index in [1.165, 1.54) is 19.2 Å². The predicted molar refractivity (Wildman–Crippen MR) is 108 cm³/mol. The van der Waals surface area contributed by atoms with E-state index in [1.807, 2.05) is 50.2 Å². The molecule has 0 aliphatic heterocycles. The maximum Gasteiger partial charge on any atom is 0.244 e. The molecule has 28 heavy (non-hydrogen) atoms. The van der Waals surface area contributed by atoms with Crippen molar-refractivity contribution >= 4 is 15.9 Å². The number of carbonyl (C=O) groups is 1. The number of benzene rings is 2. The fourth-order valence-corrected chi connectivity index (χ4v) is 4.07. The number of hydrogen-bond acceptors (Lipinski definition) is 4. The van der Waals surface area contributed by atoms with Gasteiger partial charge in [-0.15, -0.1) is 0 Å². The first-order chi connectivity index (χ1) is 13.3. The summed E-state index contributed by atoms with van der Waals surface area (Å²) in [5, 5.41) is 9.19. The summed E-state index contributed by atoms with van der Waals surface area (Å²) in [6, 6.07) is 17.4. The van der Waals surface area contributed by atoms with Crippen molar-refractivity contribution in [2.24, 2.45) is 0 Å². The molecule has 0 fully saturated rings. The van der Waals surface area contributed by atoms with Crippen molar-refractivity contribution in [1.29, 1.82) is 5.26 Å². The normalized spacial score (nSPS) is 12.4. The number of amides is 1. The van der Waals surface area contributed by atoms with Gasteiger partial charge in [-0.1, -0.05) is 49.4 Å². The third-order valence-electron chi connectivity index (χ3n) is 4.69. The summed E-state index contributed by atoms with van der Waals surface area (Å²) in [6.45, 7) is 4.05. The zero-order chi connectivity index (χ0) is 20.7. The Bertz CT molecular complexity index is 952. The Morgan fingerprint density at radius 3 is 2.32 bits per heavy atom. The molecule has 1 atom stereocenters. The van der Waals surface area contributed by atoms with E-state index in [0.717, 1.165) is 16.3 Å². The third kappa shape index (κ3) is 4.97. The van der Waals surface area contributed by atoms with E-state index >= 15 is 0 Å². The van der Waals surface area contributed by atoms with E-state index in [1.54, 1.807) is 17.0 Å². The number of carbonyl (C=O) groups excluding carboxylic acids is 1. The topological polar surface area (TPSA) is 81.5 Å². The van der Waals surface area contributed by atoms with Gasteiger partial charge in [0.25, 0.3) is 0 Å². The molecule has 7 heteroatoms. The number of rotatable bonds is 8. The minimum absolute atomic E-state index is 0.0322. The highest BCUT2D eigenvalue weighted by molar-refractivity contribution is 7.89. The number of likely N-dealkylation sites (N-methyl/N-ethyl adjacent to an activating group) is 1. The van der Waals surface area contributed by atoms with Gasteiger partial charge < -0.3 is 4.90 Å². The second-order valence-electron chi connectivity index (χ2n) is 6.63. The molecule has 1 amide bonds. The third-order valence-corrected chi connectivity index (χ3v) is 6.55. The maximum absolute atomic E-state index is 12.9. The summed E-state index contributed by atoms with van der Waals surface area (Å²) in [6.07, 6.45) is 0.756. The number of nitriles is 1. The summed E-state index contributed by atoms with van der Waals surface area (Å²) in [5.74, 6) is -0.279. The van der Waals surface area contributed by atoms with E-state index in [0.29, 0.717) is 6.54 Å². The lowest BCUT2D eigenvalue weighted by atomic mass is 10.1. The largest absolute Gasteiger partial charge is 0.335 e. The van der Waals surface area contributed by atoms with E-state index in [4.69, 9.17) is 0 Å². The zero-order valence-electron chi connectivity index (χ0n) is 16.4. The van der Waals surface area contributed by atoms with Crippen LogP contribution in [0.15, 0.2) is 59.5 Å². The Kier molecular flexibility index (Phi) is 7.32. The molecule has 1 unspecified atom stereocenters. The molecule has 0 aromatic heterocycles. The molecule has 0 bridgehead atoms. The first kappa shape index (κ1) is 21.6. The van der Waals surface area contributed by atoms with Crippen molar-refractivity contribution in [2.45, 2.75) is 37.8 Å². The minimum atomic E-state index is -3.95. The summed E-state index contributed by atoms with van der Waals surface area (Å²) < 4.78 is 26.7. The van der Waals surface area contributed by atoms with Gasteiger partial charge >= 0.3 is 0 Å². The SMILES string of the molecule is CCC(C)N(Cc1ccccc1)C(=O)CN(C)S(=O)(=O)c1ccccc1C#N. The van der Waals surface area contributed by atoms with Gasteiger partial charge in [-0.3, -0.25) is 4.79 Å². The van der Waals surface area contributed by atoms with Gasteiger partial charge in [0, 0.05) is 19.6 Å². The molecule has 2 rings (SSSR count). The first-order valence-corrected chi connectivity index (χ1v) is 10.5. The van der Waals surface area contributed by atoms with Crippen LogP contribution >= 0.6 is 0 Å². The summed E-state index contributed by atoms with van der Waals surface area (Å²) in [4.78, 5) is 14.5. The minimum Gasteiger partial charge on any atom is -0.335 e. The Morgan fingerprint density at radius 1 is 1.11 bits per heavy atom. The Balaban J connectivity index is 2.23. The molecule has 0 saturated carbocycles. The molecule has 6 nitrogen and oxygen atoms in total. The molecule has 0 radical (unpaired) electrons. The Morgan fingerprint density at radius 2 is 1.71 bits per heavy atom. The van der Waals surface area contributed by atoms with Crippen LogP contribution in [-0.2, 0) is 21.4 Å². The molecular weight excluding hydrogens is 374 g/mol. The second-order valence-corrected chi connectivity index (χ2v) is 8.65. The van der Waals surface area contributed by atoms with Crippen LogP contribution in [0.5, 0.6) is 0 Å². The number of nitrogens with zero attached hydrogens (tertiary/aromatic N) is 3. The van der Waals surface area contributed by atoms with Crippen molar-refractivity contribution in [3.05, 3.63) is 65.7 Å². The molecule has 0 aliphatic rings. The molecule has 148 valence electrons. The average molecular weight is 400 g/mol. The number of hydrogen-bond donors (Lipinski definition) is 0. The van der Waals surface area contributed by atoms with Crippen LogP contribution in [0.2, 0.25) is 0 Å². The average Bonchev–Trinajstić information content (AvgIpc) is 2.71. The van der Waals surface area contributed by atoms with Gasteiger partial charge in [0.15, 0.2) is 0 Å². The lowest BCUT2D eigenvalue weighted by Crippen LogP contribution is -2.44. The van der Waals surface area contributed by atoms with Crippen LogP contribution in [0.4, 0.5) is 0 Å². The van der Waals surface area contributed by atoms with Gasteiger partial charge in [-0.2, -0.15) is 9.57 Å². The highest BCUT2D eigenvalue weighted by atomic mass is 32.2. The monoisotopic (exact) mass is 399 g/mol. The molecule has 2 aromatic carbocycles. The number of sulfonamides is 1. The van der Waals surface area contributed by atoms with Gasteiger partial charge in [0.1, 0.15) is 6.07 Å². The fraction of sp³-hybridized carbons (Fsp3) is 0.333. The van der Waals surface area contributed by atoms with Gasteiger partial charge in [-0.05, 0) is 31.0 Å². The van der Waals surface area contributed by atoms with E-state index in [9.17, 15) is 18.5 Å². The van der Waals surface area contributed by atoms with Crippen LogP contribution in [-0.4, -0.2) is 43.2 Å². The molecule has 0 aliphatic carbocycles. The highest BCUT2D eigenvalue weighted by Crippen LogP contribution is 2.19. The van der Waals surface area contributed by atoms with Crippen molar-refractivity contribution in [2.75, 3.05) is 13.6 Å². The molecule has 0 saturated heterocycles. The van der Waals surface area contributed by atoms with Crippen LogP contribution < -0.4 is 0 Å². The van der Waals surface area contributed by atoms with Crippen molar-refractivity contribution < 1.29 is 13.2 Å². The zero-order valence-corrected chi connectivity index (χ0v) is 17.2. The lowest BCUT2D eigenvalue weighted by molar-refractivity contribution is -0.134. The predicted octanol–water partition coefficient (Wildman–Crippen LogP) is 3.01. The van der Waals surface area contributed by atoms with Crippen LogP contribution in [0, 0.1) is 11.3 Å². The Labute approximate surface area is 167 Å². The summed E-state index contributed by atoms with van der Waals surface area (Å²) in [7, 11) is -2.59. The molecule has 0 heterocycles. The van der Waals surface area contributed by atoms with Gasteiger partial charge in [0.2, 0.25) is 15.9 Å². The van der Waals surface area contributed by atoms with E-state index in [-0.39, 0.29) is 29.0 Å². The first-order valence-electron chi connectivity index (χ1n) is 9.10. The quantitative estimate of drug-likeness (QED) is 0.683. The smallest absolute Gasteiger partial charge is 0.244 e. The van der Waals surface area contributed by atoms with Crippen LogP contribution in [0.1, 0.15) is 31.4 Å². The Hall–Kier alpha value is -2.69. The van der Waals surface area contributed by atoms with Crippen molar-refractivity contribution in [1.82, 2.24) is 9.21 Å². The molecule has 0 spiro atoms. The van der Waals surface area contributed by atoms with Gasteiger partial charge in [-0.25, -0.2) is 8.42 Å². The maximum atomic E-state index is 12.9. The lowest BCUT2D eigenvalue weighted by Gasteiger charge is -2.30. The second kappa shape index (κ2) is 9.49. The molecule has 2 aromatic rings. The molecule has 0 N–H and O–H groups in total.